The molecule has 19 heavy (non-hydrogen) atoms. The molecule has 0 fully saturated rings. The highest BCUT2D eigenvalue weighted by Gasteiger charge is 2.42. The summed E-state index contributed by atoms with van der Waals surface area (Å²) in [5, 5.41) is 10.0. The highest BCUT2D eigenvalue weighted by Crippen LogP contribution is 2.47. The molecule has 2 rings (SSSR count). The van der Waals surface area contributed by atoms with Crippen LogP contribution in [0.15, 0.2) is 12.1 Å². The van der Waals surface area contributed by atoms with Crippen molar-refractivity contribution in [2.24, 2.45) is 0 Å². The summed E-state index contributed by atoms with van der Waals surface area (Å²) in [4.78, 5) is 0. The molecule has 1 aromatic rings. The van der Waals surface area contributed by atoms with Crippen molar-refractivity contribution in [3.05, 3.63) is 22.7 Å². The zero-order valence-corrected chi connectivity index (χ0v) is 12.4. The summed E-state index contributed by atoms with van der Waals surface area (Å²) >= 11 is 6.03. The average molecular weight is 307 g/mol. The lowest BCUT2D eigenvalue weighted by Gasteiger charge is -2.20. The molecule has 0 saturated heterocycles. The molecule has 1 heterocycles. The SMILES string of the molecule is CCS(=O)(=O)Oc1cc(Cl)c2c(c1)C(C)(C)C(O)O2. The number of hydrogen-bond acceptors (Lipinski definition) is 5. The molecule has 1 unspecified atom stereocenters. The fourth-order valence-electron chi connectivity index (χ4n) is 1.81. The van der Waals surface area contributed by atoms with Gasteiger partial charge in [-0.25, -0.2) is 0 Å². The maximum Gasteiger partial charge on any atom is 0.308 e. The van der Waals surface area contributed by atoms with Crippen LogP contribution in [-0.4, -0.2) is 25.6 Å². The topological polar surface area (TPSA) is 72.8 Å². The molecular formula is C12H15ClO5S. The predicted octanol–water partition coefficient (Wildman–Crippen LogP) is 2.06. The third-order valence-corrected chi connectivity index (χ3v) is 4.57. The summed E-state index contributed by atoms with van der Waals surface area (Å²) < 4.78 is 33.1. The lowest BCUT2D eigenvalue weighted by atomic mass is 9.85. The van der Waals surface area contributed by atoms with Gasteiger partial charge in [0.1, 0.15) is 11.5 Å². The molecule has 0 aliphatic carbocycles. The number of aliphatic hydroxyl groups excluding tert-OH is 1. The Morgan fingerprint density at radius 2 is 2.11 bits per heavy atom. The van der Waals surface area contributed by atoms with E-state index in [2.05, 4.69) is 0 Å². The van der Waals surface area contributed by atoms with Crippen LogP contribution in [0, 0.1) is 0 Å². The second-order valence-electron chi connectivity index (χ2n) is 4.90. The first-order valence-corrected chi connectivity index (χ1v) is 7.74. The van der Waals surface area contributed by atoms with E-state index in [0.29, 0.717) is 11.3 Å². The Bertz CT molecular complexity index is 609. The second kappa shape index (κ2) is 4.54. The highest BCUT2D eigenvalue weighted by atomic mass is 35.5. The first-order valence-electron chi connectivity index (χ1n) is 5.78. The van der Waals surface area contributed by atoms with Crippen molar-refractivity contribution in [2.45, 2.75) is 32.5 Å². The van der Waals surface area contributed by atoms with Gasteiger partial charge in [-0.3, -0.25) is 0 Å². The van der Waals surface area contributed by atoms with Crippen LogP contribution in [0.1, 0.15) is 26.3 Å². The molecule has 1 aromatic carbocycles. The Morgan fingerprint density at radius 3 is 2.68 bits per heavy atom. The number of aliphatic hydroxyl groups is 1. The normalized spacial score (nSPS) is 20.8. The zero-order chi connectivity index (χ0) is 14.4. The van der Waals surface area contributed by atoms with Gasteiger partial charge >= 0.3 is 10.1 Å². The summed E-state index contributed by atoms with van der Waals surface area (Å²) in [5.74, 6) is 0.348. The first kappa shape index (κ1) is 14.4. The summed E-state index contributed by atoms with van der Waals surface area (Å²) in [7, 11) is -3.62. The molecule has 1 aliphatic rings. The highest BCUT2D eigenvalue weighted by molar-refractivity contribution is 7.87. The summed E-state index contributed by atoms with van der Waals surface area (Å²) in [6, 6.07) is 2.90. The minimum atomic E-state index is -3.62. The summed E-state index contributed by atoms with van der Waals surface area (Å²) in [6.45, 7) is 5.04. The van der Waals surface area contributed by atoms with Crippen LogP contribution in [-0.2, 0) is 15.5 Å². The first-order chi connectivity index (χ1) is 8.67. The van der Waals surface area contributed by atoms with Crippen LogP contribution >= 0.6 is 11.6 Å². The van der Waals surface area contributed by atoms with Crippen LogP contribution < -0.4 is 8.92 Å². The van der Waals surface area contributed by atoms with Crippen LogP contribution in [0.2, 0.25) is 5.02 Å². The predicted molar refractivity (Wildman–Crippen MR) is 71.2 cm³/mol. The molecule has 0 aromatic heterocycles. The van der Waals surface area contributed by atoms with E-state index < -0.39 is 21.8 Å². The van der Waals surface area contributed by atoms with Crippen LogP contribution in [0.4, 0.5) is 0 Å². The molecule has 0 bridgehead atoms. The van der Waals surface area contributed by atoms with Gasteiger partial charge in [0.15, 0.2) is 0 Å². The Balaban J connectivity index is 2.48. The van der Waals surface area contributed by atoms with E-state index in [9.17, 15) is 13.5 Å². The smallest absolute Gasteiger partial charge is 0.308 e. The largest absolute Gasteiger partial charge is 0.462 e. The molecule has 0 amide bonds. The minimum Gasteiger partial charge on any atom is -0.462 e. The number of benzene rings is 1. The fourth-order valence-corrected chi connectivity index (χ4v) is 2.57. The zero-order valence-electron chi connectivity index (χ0n) is 10.8. The number of fused-ring (bicyclic) bond motifs is 1. The van der Waals surface area contributed by atoms with Gasteiger partial charge in [-0.1, -0.05) is 11.6 Å². The van der Waals surface area contributed by atoms with Crippen molar-refractivity contribution in [3.8, 4) is 11.5 Å². The quantitative estimate of drug-likeness (QED) is 0.865. The van der Waals surface area contributed by atoms with Crippen molar-refractivity contribution in [1.29, 1.82) is 0 Å². The number of ether oxygens (including phenoxy) is 1. The molecule has 106 valence electrons. The summed E-state index contributed by atoms with van der Waals surface area (Å²) in [5.41, 5.74) is -0.0669. The van der Waals surface area contributed by atoms with Crippen molar-refractivity contribution < 1.29 is 22.4 Å². The van der Waals surface area contributed by atoms with Gasteiger partial charge in [-0.2, -0.15) is 8.42 Å². The molecular weight excluding hydrogens is 292 g/mol. The van der Waals surface area contributed by atoms with Crippen molar-refractivity contribution in [1.82, 2.24) is 0 Å². The minimum absolute atomic E-state index is 0.122. The molecule has 0 saturated carbocycles. The van der Waals surface area contributed by atoms with E-state index in [0.717, 1.165) is 0 Å². The monoisotopic (exact) mass is 306 g/mol. The lowest BCUT2D eigenvalue weighted by molar-refractivity contribution is -0.0449. The van der Waals surface area contributed by atoms with Crippen LogP contribution in [0.5, 0.6) is 11.5 Å². The number of hydrogen-bond donors (Lipinski definition) is 1. The Kier molecular flexibility index (Phi) is 3.45. The molecule has 0 spiro atoms. The molecule has 7 heteroatoms. The van der Waals surface area contributed by atoms with Crippen molar-refractivity contribution in [2.75, 3.05) is 5.75 Å². The number of halogens is 1. The van der Waals surface area contributed by atoms with E-state index in [1.54, 1.807) is 13.8 Å². The van der Waals surface area contributed by atoms with Gasteiger partial charge in [-0.05, 0) is 26.8 Å². The van der Waals surface area contributed by atoms with E-state index in [1.807, 2.05) is 0 Å². The van der Waals surface area contributed by atoms with Gasteiger partial charge in [0.25, 0.3) is 0 Å². The Hall–Kier alpha value is -0.980. The summed E-state index contributed by atoms with van der Waals surface area (Å²) in [6.07, 6.45) is -1.03. The lowest BCUT2D eigenvalue weighted by Crippen LogP contribution is -2.31. The van der Waals surface area contributed by atoms with Crippen molar-refractivity contribution >= 4 is 21.7 Å². The molecule has 1 aliphatic heterocycles. The average Bonchev–Trinajstić information content (AvgIpc) is 2.52. The van der Waals surface area contributed by atoms with Crippen LogP contribution in [0.3, 0.4) is 0 Å². The fraction of sp³-hybridized carbons (Fsp3) is 0.500. The van der Waals surface area contributed by atoms with E-state index in [4.69, 9.17) is 20.5 Å². The van der Waals surface area contributed by atoms with E-state index in [-0.39, 0.29) is 16.5 Å². The van der Waals surface area contributed by atoms with Gasteiger partial charge < -0.3 is 14.0 Å². The Morgan fingerprint density at radius 1 is 1.47 bits per heavy atom. The standard InChI is InChI=1S/C12H15ClO5S/c1-4-19(15,16)18-7-5-8-10(9(13)6-7)17-11(14)12(8,2)3/h5-6,11,14H,4H2,1-3H3. The van der Waals surface area contributed by atoms with E-state index in [1.165, 1.54) is 19.1 Å². The van der Waals surface area contributed by atoms with E-state index >= 15 is 0 Å². The Labute approximate surface area is 117 Å². The third-order valence-electron chi connectivity index (χ3n) is 3.13. The third kappa shape index (κ3) is 2.52. The van der Waals surface area contributed by atoms with Gasteiger partial charge in [-0.15, -0.1) is 0 Å². The van der Waals surface area contributed by atoms with Gasteiger partial charge in [0.2, 0.25) is 6.29 Å². The molecule has 1 atom stereocenters. The van der Waals surface area contributed by atoms with Gasteiger partial charge in [0, 0.05) is 11.6 Å². The van der Waals surface area contributed by atoms with Crippen LogP contribution in [0.25, 0.3) is 0 Å². The molecule has 1 N–H and O–H groups in total. The number of rotatable bonds is 3. The maximum absolute atomic E-state index is 11.5. The second-order valence-corrected chi connectivity index (χ2v) is 7.17. The van der Waals surface area contributed by atoms with Crippen molar-refractivity contribution in [3.63, 3.8) is 0 Å². The van der Waals surface area contributed by atoms with Gasteiger partial charge in [0.05, 0.1) is 16.2 Å². The maximum atomic E-state index is 11.5. The molecule has 0 radical (unpaired) electrons. The molecule has 5 nitrogen and oxygen atoms in total.